The highest BCUT2D eigenvalue weighted by Crippen LogP contribution is 2.26. The van der Waals surface area contributed by atoms with Gasteiger partial charge < -0.3 is 4.74 Å². The van der Waals surface area contributed by atoms with Gasteiger partial charge in [0, 0.05) is 13.5 Å². The lowest BCUT2D eigenvalue weighted by molar-refractivity contribution is 0.200. The Morgan fingerprint density at radius 2 is 1.69 bits per heavy atom. The van der Waals surface area contributed by atoms with Gasteiger partial charge in [0.1, 0.15) is 10.8 Å². The molecule has 72 valence electrons. The Morgan fingerprint density at radius 1 is 1.15 bits per heavy atom. The minimum Gasteiger partial charge on any atom is -0.384 e. The van der Waals surface area contributed by atoms with Crippen molar-refractivity contribution in [3.63, 3.8) is 0 Å². The monoisotopic (exact) mass is 240 g/mol. The van der Waals surface area contributed by atoms with Gasteiger partial charge in [-0.05, 0) is 0 Å². The van der Waals surface area contributed by atoms with Crippen LogP contribution in [0.3, 0.4) is 0 Å². The van der Waals surface area contributed by atoms with Crippen LogP contribution in [0.5, 0.6) is 0 Å². The molecule has 0 aliphatic rings. The number of rotatable bonds is 3. The third-order valence-corrected chi connectivity index (χ3v) is 2.44. The van der Waals surface area contributed by atoms with Gasteiger partial charge in [-0.1, -0.05) is 34.8 Å². The van der Waals surface area contributed by atoms with Crippen LogP contribution in [0.1, 0.15) is 5.82 Å². The summed E-state index contributed by atoms with van der Waals surface area (Å²) in [6, 6.07) is 0. The summed E-state index contributed by atoms with van der Waals surface area (Å²) < 4.78 is 4.86. The Bertz CT molecular complexity index is 283. The molecule has 0 N–H and O–H groups in total. The molecule has 0 saturated heterocycles. The highest BCUT2D eigenvalue weighted by Gasteiger charge is 2.08. The predicted molar refractivity (Wildman–Crippen MR) is 52.6 cm³/mol. The van der Waals surface area contributed by atoms with E-state index in [2.05, 4.69) is 9.97 Å². The smallest absolute Gasteiger partial charge is 0.152 e. The van der Waals surface area contributed by atoms with E-state index in [0.717, 1.165) is 0 Å². The maximum Gasteiger partial charge on any atom is 0.152 e. The third-order valence-electron chi connectivity index (χ3n) is 1.35. The van der Waals surface area contributed by atoms with E-state index in [1.54, 1.807) is 7.11 Å². The van der Waals surface area contributed by atoms with Crippen LogP contribution in [0, 0.1) is 0 Å². The molecule has 0 bridgehead atoms. The lowest BCUT2D eigenvalue weighted by Gasteiger charge is -2.02. The van der Waals surface area contributed by atoms with Crippen LogP contribution in [0.25, 0.3) is 0 Å². The van der Waals surface area contributed by atoms with Gasteiger partial charge in [0.05, 0.1) is 6.61 Å². The summed E-state index contributed by atoms with van der Waals surface area (Å²) in [5, 5.41) is 0.532. The van der Waals surface area contributed by atoms with E-state index in [1.807, 2.05) is 0 Å². The van der Waals surface area contributed by atoms with Crippen molar-refractivity contribution in [3.05, 3.63) is 21.2 Å². The van der Waals surface area contributed by atoms with E-state index < -0.39 is 0 Å². The van der Waals surface area contributed by atoms with E-state index in [0.29, 0.717) is 18.9 Å². The first-order chi connectivity index (χ1) is 6.15. The van der Waals surface area contributed by atoms with Crippen LogP contribution in [0.15, 0.2) is 0 Å². The minimum atomic E-state index is 0.174. The van der Waals surface area contributed by atoms with Crippen molar-refractivity contribution in [2.45, 2.75) is 6.42 Å². The highest BCUT2D eigenvalue weighted by molar-refractivity contribution is 6.46. The fourth-order valence-electron chi connectivity index (χ4n) is 0.740. The van der Waals surface area contributed by atoms with Crippen LogP contribution in [0.2, 0.25) is 15.3 Å². The second-order valence-electron chi connectivity index (χ2n) is 2.28. The molecular weight excluding hydrogens is 234 g/mol. The first kappa shape index (κ1) is 11.0. The first-order valence-corrected chi connectivity index (χ1v) is 4.65. The lowest BCUT2D eigenvalue weighted by Crippen LogP contribution is -2.01. The Kier molecular flexibility index (Phi) is 4.19. The fourth-order valence-corrected chi connectivity index (χ4v) is 1.25. The van der Waals surface area contributed by atoms with Gasteiger partial charge in [0.15, 0.2) is 10.3 Å². The zero-order chi connectivity index (χ0) is 9.84. The van der Waals surface area contributed by atoms with Gasteiger partial charge >= 0.3 is 0 Å². The van der Waals surface area contributed by atoms with Crippen molar-refractivity contribution in [1.29, 1.82) is 0 Å². The molecule has 0 saturated carbocycles. The van der Waals surface area contributed by atoms with Crippen LogP contribution >= 0.6 is 34.8 Å². The normalized spacial score (nSPS) is 10.5. The van der Waals surface area contributed by atoms with Gasteiger partial charge in [-0.2, -0.15) is 0 Å². The van der Waals surface area contributed by atoms with Gasteiger partial charge in [0.25, 0.3) is 0 Å². The Labute approximate surface area is 91.0 Å². The van der Waals surface area contributed by atoms with Gasteiger partial charge in [-0.25, -0.2) is 9.97 Å². The second-order valence-corrected chi connectivity index (χ2v) is 3.37. The second kappa shape index (κ2) is 4.96. The lowest BCUT2D eigenvalue weighted by atomic mass is 10.4. The fraction of sp³-hybridized carbons (Fsp3) is 0.429. The van der Waals surface area contributed by atoms with Crippen LogP contribution in [0.4, 0.5) is 0 Å². The van der Waals surface area contributed by atoms with Crippen LogP contribution in [-0.2, 0) is 11.2 Å². The summed E-state index contributed by atoms with van der Waals surface area (Å²) in [5.74, 6) is 0.529. The molecular formula is C7H7Cl3N2O. The summed E-state index contributed by atoms with van der Waals surface area (Å²) in [6.45, 7) is 0.522. The molecule has 0 unspecified atom stereocenters. The summed E-state index contributed by atoms with van der Waals surface area (Å²) in [5.41, 5.74) is 0. The summed E-state index contributed by atoms with van der Waals surface area (Å²) in [4.78, 5) is 7.86. The number of hydrogen-bond donors (Lipinski definition) is 0. The highest BCUT2D eigenvalue weighted by atomic mass is 35.5. The van der Waals surface area contributed by atoms with Crippen LogP contribution in [-0.4, -0.2) is 23.7 Å². The zero-order valence-corrected chi connectivity index (χ0v) is 9.12. The van der Waals surface area contributed by atoms with Crippen molar-refractivity contribution in [3.8, 4) is 0 Å². The number of methoxy groups -OCH3 is 1. The molecule has 0 fully saturated rings. The molecule has 1 rings (SSSR count). The molecule has 0 aliphatic carbocycles. The molecule has 0 aliphatic heterocycles. The van der Waals surface area contributed by atoms with Gasteiger partial charge in [-0.15, -0.1) is 0 Å². The van der Waals surface area contributed by atoms with Crippen molar-refractivity contribution in [2.75, 3.05) is 13.7 Å². The van der Waals surface area contributed by atoms with Crippen molar-refractivity contribution in [2.24, 2.45) is 0 Å². The summed E-state index contributed by atoms with van der Waals surface area (Å²) in [7, 11) is 1.60. The van der Waals surface area contributed by atoms with Crippen LogP contribution < -0.4 is 0 Å². The number of nitrogens with zero attached hydrogens (tertiary/aromatic N) is 2. The van der Waals surface area contributed by atoms with Crippen molar-refractivity contribution < 1.29 is 4.74 Å². The van der Waals surface area contributed by atoms with E-state index >= 15 is 0 Å². The van der Waals surface area contributed by atoms with Crippen molar-refractivity contribution >= 4 is 34.8 Å². The Hall–Kier alpha value is -0.0900. The quantitative estimate of drug-likeness (QED) is 0.763. The molecule has 0 spiro atoms. The molecule has 1 aromatic heterocycles. The number of halogens is 3. The van der Waals surface area contributed by atoms with Gasteiger partial charge in [0.2, 0.25) is 0 Å². The van der Waals surface area contributed by atoms with E-state index in [9.17, 15) is 0 Å². The van der Waals surface area contributed by atoms with Crippen molar-refractivity contribution in [1.82, 2.24) is 9.97 Å². The molecule has 13 heavy (non-hydrogen) atoms. The van der Waals surface area contributed by atoms with Gasteiger partial charge in [-0.3, -0.25) is 0 Å². The largest absolute Gasteiger partial charge is 0.384 e. The number of aromatic nitrogens is 2. The number of ether oxygens (including phenoxy) is 1. The molecule has 3 nitrogen and oxygen atoms in total. The zero-order valence-electron chi connectivity index (χ0n) is 6.85. The Balaban J connectivity index is 2.86. The van der Waals surface area contributed by atoms with E-state index in [-0.39, 0.29) is 15.3 Å². The minimum absolute atomic E-state index is 0.174. The molecule has 0 aromatic carbocycles. The molecule has 0 radical (unpaired) electrons. The summed E-state index contributed by atoms with van der Waals surface area (Å²) >= 11 is 17.0. The number of hydrogen-bond acceptors (Lipinski definition) is 3. The van der Waals surface area contributed by atoms with E-state index in [4.69, 9.17) is 39.5 Å². The molecule has 1 aromatic rings. The molecule has 6 heteroatoms. The average molecular weight is 242 g/mol. The third kappa shape index (κ3) is 2.95. The molecule has 0 amide bonds. The standard InChI is InChI=1S/C7H7Cl3N2O/c1-13-3-2-4-11-6(9)5(8)7(10)12-4/h2-3H2,1H3. The van der Waals surface area contributed by atoms with E-state index in [1.165, 1.54) is 0 Å². The topological polar surface area (TPSA) is 35.0 Å². The SMILES string of the molecule is COCCc1nc(Cl)c(Cl)c(Cl)n1. The first-order valence-electron chi connectivity index (χ1n) is 3.51. The molecule has 1 heterocycles. The average Bonchev–Trinajstić information content (AvgIpc) is 2.10. The maximum atomic E-state index is 5.69. The predicted octanol–water partition coefficient (Wildman–Crippen LogP) is 2.63. The Morgan fingerprint density at radius 3 is 2.15 bits per heavy atom. The maximum absolute atomic E-state index is 5.69. The molecule has 0 atom stereocenters. The summed E-state index contributed by atoms with van der Waals surface area (Å²) in [6.07, 6.45) is 0.563.